The summed E-state index contributed by atoms with van der Waals surface area (Å²) in [5, 5.41) is 3.34. The summed E-state index contributed by atoms with van der Waals surface area (Å²) >= 11 is 0. The highest BCUT2D eigenvalue weighted by atomic mass is 16.1. The monoisotopic (exact) mass is 321 g/mol. The van der Waals surface area contributed by atoms with Crippen LogP contribution in [0.4, 0.5) is 0 Å². The molecule has 0 radical (unpaired) electrons. The second-order valence-corrected chi connectivity index (χ2v) is 8.02. The van der Waals surface area contributed by atoms with Crippen LogP contribution in [0.1, 0.15) is 64.2 Å². The van der Waals surface area contributed by atoms with Crippen molar-refractivity contribution in [3.05, 3.63) is 0 Å². The van der Waals surface area contributed by atoms with Crippen molar-refractivity contribution in [2.45, 2.75) is 76.3 Å². The summed E-state index contributed by atoms with van der Waals surface area (Å²) in [6, 6.07) is 1.23. The second kappa shape index (κ2) is 8.48. The van der Waals surface area contributed by atoms with Gasteiger partial charge in [0, 0.05) is 31.1 Å². The smallest absolute Gasteiger partial charge is 0.223 e. The highest BCUT2D eigenvalue weighted by molar-refractivity contribution is 5.79. The summed E-state index contributed by atoms with van der Waals surface area (Å²) in [7, 11) is 2.27. The lowest BCUT2D eigenvalue weighted by molar-refractivity contribution is -0.127. The Kier molecular flexibility index (Phi) is 6.35. The molecular weight excluding hydrogens is 286 g/mol. The predicted octanol–water partition coefficient (Wildman–Crippen LogP) is 2.63. The molecule has 1 amide bonds. The van der Waals surface area contributed by atoms with Crippen molar-refractivity contribution in [2.24, 2.45) is 5.92 Å². The third-order valence-electron chi connectivity index (χ3n) is 6.36. The van der Waals surface area contributed by atoms with Gasteiger partial charge in [0.2, 0.25) is 5.91 Å². The Morgan fingerprint density at radius 3 is 2.35 bits per heavy atom. The lowest BCUT2D eigenvalue weighted by Gasteiger charge is -2.34. The molecule has 132 valence electrons. The Hall–Kier alpha value is -0.610. The Balaban J connectivity index is 1.32. The van der Waals surface area contributed by atoms with Gasteiger partial charge in [0.1, 0.15) is 0 Å². The van der Waals surface area contributed by atoms with Gasteiger partial charge < -0.3 is 15.1 Å². The molecule has 1 saturated carbocycles. The Morgan fingerprint density at radius 2 is 1.70 bits per heavy atom. The zero-order valence-electron chi connectivity index (χ0n) is 14.9. The normalized spacial score (nSPS) is 29.0. The van der Waals surface area contributed by atoms with E-state index in [1.807, 2.05) is 0 Å². The molecule has 4 heteroatoms. The maximum Gasteiger partial charge on any atom is 0.223 e. The Morgan fingerprint density at radius 1 is 0.957 bits per heavy atom. The van der Waals surface area contributed by atoms with E-state index in [2.05, 4.69) is 22.2 Å². The van der Waals surface area contributed by atoms with E-state index in [-0.39, 0.29) is 0 Å². The number of amides is 1. The highest BCUT2D eigenvalue weighted by Gasteiger charge is 2.26. The van der Waals surface area contributed by atoms with Crippen LogP contribution in [0.2, 0.25) is 0 Å². The molecule has 0 spiro atoms. The van der Waals surface area contributed by atoms with Gasteiger partial charge in [0.15, 0.2) is 0 Å². The quantitative estimate of drug-likeness (QED) is 0.845. The van der Waals surface area contributed by atoms with Gasteiger partial charge in [0.05, 0.1) is 0 Å². The molecule has 0 bridgehead atoms. The fourth-order valence-corrected chi connectivity index (χ4v) is 4.66. The minimum absolute atomic E-state index is 0.305. The number of carbonyl (C=O) groups is 1. The van der Waals surface area contributed by atoms with Crippen LogP contribution in [0.25, 0.3) is 0 Å². The molecular formula is C19H35N3O. The van der Waals surface area contributed by atoms with Crippen LogP contribution in [-0.4, -0.2) is 61.0 Å². The first-order valence-corrected chi connectivity index (χ1v) is 9.95. The maximum atomic E-state index is 12.4. The minimum atomic E-state index is 0.305. The summed E-state index contributed by atoms with van der Waals surface area (Å²) < 4.78 is 0. The van der Waals surface area contributed by atoms with Crippen molar-refractivity contribution in [1.29, 1.82) is 0 Å². The summed E-state index contributed by atoms with van der Waals surface area (Å²) in [5.41, 5.74) is 0. The lowest BCUT2D eigenvalue weighted by Crippen LogP contribution is -2.47. The lowest BCUT2D eigenvalue weighted by atomic mass is 9.88. The molecule has 0 aromatic rings. The number of nitrogens with zero attached hydrogens (tertiary/aromatic N) is 2. The fourth-order valence-electron chi connectivity index (χ4n) is 4.66. The molecule has 0 aromatic heterocycles. The van der Waals surface area contributed by atoms with Crippen LogP contribution in [0.3, 0.4) is 0 Å². The van der Waals surface area contributed by atoms with E-state index in [4.69, 9.17) is 0 Å². The van der Waals surface area contributed by atoms with Gasteiger partial charge in [-0.1, -0.05) is 19.3 Å². The average molecular weight is 322 g/mol. The number of rotatable bonds is 5. The number of piperidine rings is 1. The van der Waals surface area contributed by atoms with Gasteiger partial charge >= 0.3 is 0 Å². The van der Waals surface area contributed by atoms with E-state index in [1.165, 1.54) is 51.6 Å². The number of carbonyl (C=O) groups excluding carboxylic acids is 1. The molecule has 1 unspecified atom stereocenters. The number of hydrogen-bond donors (Lipinski definition) is 1. The maximum absolute atomic E-state index is 12.4. The van der Waals surface area contributed by atoms with Crippen LogP contribution in [0, 0.1) is 5.92 Å². The summed E-state index contributed by atoms with van der Waals surface area (Å²) in [4.78, 5) is 17.5. The second-order valence-electron chi connectivity index (χ2n) is 8.02. The van der Waals surface area contributed by atoms with Crippen LogP contribution in [0.5, 0.6) is 0 Å². The topological polar surface area (TPSA) is 35.6 Å². The molecule has 3 rings (SSSR count). The molecule has 23 heavy (non-hydrogen) atoms. The molecule has 3 aliphatic rings. The number of likely N-dealkylation sites (tertiary alicyclic amines) is 2. The van der Waals surface area contributed by atoms with E-state index < -0.39 is 0 Å². The van der Waals surface area contributed by atoms with Gasteiger partial charge in [-0.05, 0) is 65.1 Å². The van der Waals surface area contributed by atoms with E-state index in [0.29, 0.717) is 17.9 Å². The van der Waals surface area contributed by atoms with E-state index in [1.54, 1.807) is 0 Å². The van der Waals surface area contributed by atoms with Gasteiger partial charge in [-0.2, -0.15) is 0 Å². The van der Waals surface area contributed by atoms with E-state index in [9.17, 15) is 4.79 Å². The first kappa shape index (κ1) is 17.2. The first-order chi connectivity index (χ1) is 11.2. The number of nitrogens with one attached hydrogen (secondary N) is 1. The molecule has 0 aromatic carbocycles. The SMILES string of the molecule is CN1CCCC1CCN1CCC(NC(=O)C2CCCCC2)CC1. The highest BCUT2D eigenvalue weighted by Crippen LogP contribution is 2.24. The average Bonchev–Trinajstić information content (AvgIpc) is 3.00. The third kappa shape index (κ3) is 4.93. The van der Waals surface area contributed by atoms with Crippen LogP contribution in [-0.2, 0) is 4.79 Å². The largest absolute Gasteiger partial charge is 0.353 e. The van der Waals surface area contributed by atoms with Gasteiger partial charge in [0.25, 0.3) is 0 Å². The number of hydrogen-bond acceptors (Lipinski definition) is 3. The summed E-state index contributed by atoms with van der Waals surface area (Å²) in [6.07, 6.45) is 12.4. The van der Waals surface area contributed by atoms with Crippen molar-refractivity contribution >= 4 is 5.91 Å². The van der Waals surface area contributed by atoms with E-state index in [0.717, 1.165) is 44.8 Å². The summed E-state index contributed by atoms with van der Waals surface area (Å²) in [6.45, 7) is 4.83. The van der Waals surface area contributed by atoms with Crippen molar-refractivity contribution < 1.29 is 4.79 Å². The zero-order valence-corrected chi connectivity index (χ0v) is 14.9. The van der Waals surface area contributed by atoms with Crippen LogP contribution >= 0.6 is 0 Å². The predicted molar refractivity (Wildman–Crippen MR) is 94.4 cm³/mol. The van der Waals surface area contributed by atoms with Gasteiger partial charge in [-0.25, -0.2) is 0 Å². The Labute approximate surface area is 142 Å². The van der Waals surface area contributed by atoms with E-state index >= 15 is 0 Å². The molecule has 3 fully saturated rings. The zero-order chi connectivity index (χ0) is 16.1. The first-order valence-electron chi connectivity index (χ1n) is 9.95. The van der Waals surface area contributed by atoms with Crippen LogP contribution < -0.4 is 5.32 Å². The Bertz CT molecular complexity index is 373. The molecule has 2 saturated heterocycles. The molecule has 1 aliphatic carbocycles. The van der Waals surface area contributed by atoms with Crippen LogP contribution in [0.15, 0.2) is 0 Å². The molecule has 2 aliphatic heterocycles. The fraction of sp³-hybridized carbons (Fsp3) is 0.947. The third-order valence-corrected chi connectivity index (χ3v) is 6.36. The molecule has 4 nitrogen and oxygen atoms in total. The van der Waals surface area contributed by atoms with Crippen molar-refractivity contribution in [1.82, 2.24) is 15.1 Å². The minimum Gasteiger partial charge on any atom is -0.353 e. The summed E-state index contributed by atoms with van der Waals surface area (Å²) in [5.74, 6) is 0.649. The standard InChI is InChI=1S/C19H35N3O/c1-21-12-5-8-18(21)11-15-22-13-9-17(10-14-22)20-19(23)16-6-3-2-4-7-16/h16-18H,2-15H2,1H3,(H,20,23). The van der Waals surface area contributed by atoms with Gasteiger partial charge in [-0.3, -0.25) is 4.79 Å². The van der Waals surface area contributed by atoms with Crippen molar-refractivity contribution in [3.63, 3.8) is 0 Å². The molecule has 2 heterocycles. The van der Waals surface area contributed by atoms with Gasteiger partial charge in [-0.15, -0.1) is 0 Å². The van der Waals surface area contributed by atoms with Crippen molar-refractivity contribution in [3.8, 4) is 0 Å². The van der Waals surface area contributed by atoms with Crippen molar-refractivity contribution in [2.75, 3.05) is 33.2 Å². The molecule has 1 N–H and O–H groups in total. The molecule has 1 atom stereocenters.